The van der Waals surface area contributed by atoms with E-state index in [1.807, 2.05) is 66.7 Å². The van der Waals surface area contributed by atoms with Gasteiger partial charge in [0.25, 0.3) is 5.91 Å². The Bertz CT molecular complexity index is 1160. The molecular weight excluding hydrogens is 392 g/mol. The van der Waals surface area contributed by atoms with Crippen molar-refractivity contribution >= 4 is 22.8 Å². The number of imidazole rings is 1. The molecule has 0 aliphatic carbocycles. The zero-order valence-electron chi connectivity index (χ0n) is 16.7. The first-order chi connectivity index (χ1) is 15.2. The molecule has 0 saturated carbocycles. The zero-order chi connectivity index (χ0) is 21.5. The summed E-state index contributed by atoms with van der Waals surface area (Å²) in [6, 6.07) is 24.2. The maximum Gasteiger partial charge on any atom is 0.258 e. The minimum atomic E-state index is -0.367. The fourth-order valence-corrected chi connectivity index (χ4v) is 3.24. The number of amides is 2. The second kappa shape index (κ2) is 9.58. The minimum absolute atomic E-state index is 0.146. The van der Waals surface area contributed by atoms with Crippen molar-refractivity contribution in [3.63, 3.8) is 0 Å². The van der Waals surface area contributed by atoms with Crippen LogP contribution in [0.5, 0.6) is 5.75 Å². The van der Waals surface area contributed by atoms with Crippen molar-refractivity contribution in [2.75, 3.05) is 13.2 Å². The number of carbonyl (C=O) groups is 2. The maximum absolute atomic E-state index is 12.6. The molecule has 0 saturated heterocycles. The van der Waals surface area contributed by atoms with Crippen molar-refractivity contribution < 1.29 is 14.3 Å². The second-order valence-corrected chi connectivity index (χ2v) is 6.97. The van der Waals surface area contributed by atoms with Crippen molar-refractivity contribution in [1.82, 2.24) is 20.6 Å². The van der Waals surface area contributed by atoms with Gasteiger partial charge in [0.1, 0.15) is 5.75 Å². The lowest BCUT2D eigenvalue weighted by atomic mass is 9.98. The smallest absolute Gasteiger partial charge is 0.258 e. The molecule has 1 aromatic heterocycles. The van der Waals surface area contributed by atoms with E-state index in [1.165, 1.54) is 0 Å². The third-order valence-corrected chi connectivity index (χ3v) is 4.78. The van der Waals surface area contributed by atoms with Crippen LogP contribution in [0.25, 0.3) is 11.0 Å². The predicted octanol–water partition coefficient (Wildman–Crippen LogP) is 2.96. The minimum Gasteiger partial charge on any atom is -0.484 e. The number of nitrogens with zero attached hydrogens (tertiary/aromatic N) is 1. The van der Waals surface area contributed by atoms with Gasteiger partial charge in [-0.3, -0.25) is 9.59 Å². The first-order valence-electron chi connectivity index (χ1n) is 9.91. The number of carbonyl (C=O) groups excluding carboxylic acids is 2. The Hall–Kier alpha value is -4.13. The van der Waals surface area contributed by atoms with E-state index in [9.17, 15) is 9.59 Å². The van der Waals surface area contributed by atoms with Gasteiger partial charge < -0.3 is 20.4 Å². The van der Waals surface area contributed by atoms with Gasteiger partial charge in [0.05, 0.1) is 29.9 Å². The van der Waals surface area contributed by atoms with Crippen LogP contribution in [-0.2, 0) is 9.59 Å². The van der Waals surface area contributed by atoms with Gasteiger partial charge in [-0.05, 0) is 35.4 Å². The number of hydrogen-bond donors (Lipinski definition) is 3. The molecule has 1 atom stereocenters. The summed E-state index contributed by atoms with van der Waals surface area (Å²) in [5, 5.41) is 5.60. The van der Waals surface area contributed by atoms with Crippen molar-refractivity contribution in [3.05, 3.63) is 96.3 Å². The van der Waals surface area contributed by atoms with Crippen LogP contribution in [-0.4, -0.2) is 34.9 Å². The molecular formula is C24H22N4O3. The van der Waals surface area contributed by atoms with Crippen LogP contribution >= 0.6 is 0 Å². The van der Waals surface area contributed by atoms with Gasteiger partial charge in [-0.2, -0.15) is 0 Å². The highest BCUT2D eigenvalue weighted by Gasteiger charge is 2.18. The molecule has 0 aliphatic heterocycles. The normalized spacial score (nSPS) is 11.6. The second-order valence-electron chi connectivity index (χ2n) is 6.97. The molecule has 2 amide bonds. The molecule has 1 unspecified atom stereocenters. The van der Waals surface area contributed by atoms with Crippen LogP contribution < -0.4 is 15.4 Å². The number of H-pyrrole nitrogens is 1. The van der Waals surface area contributed by atoms with E-state index in [4.69, 9.17) is 4.74 Å². The summed E-state index contributed by atoms with van der Waals surface area (Å²) in [5.74, 6) is -0.0683. The molecule has 0 aliphatic rings. The average molecular weight is 414 g/mol. The van der Waals surface area contributed by atoms with E-state index < -0.39 is 0 Å². The van der Waals surface area contributed by atoms with Crippen LogP contribution in [0, 0.1) is 0 Å². The van der Waals surface area contributed by atoms with Gasteiger partial charge >= 0.3 is 0 Å². The quantitative estimate of drug-likeness (QED) is 0.413. The number of benzene rings is 3. The summed E-state index contributed by atoms with van der Waals surface area (Å²) < 4.78 is 5.40. The third kappa shape index (κ3) is 5.27. The van der Waals surface area contributed by atoms with Crippen molar-refractivity contribution in [1.29, 1.82) is 0 Å². The molecule has 31 heavy (non-hydrogen) atoms. The molecule has 3 N–H and O–H groups in total. The summed E-state index contributed by atoms with van der Waals surface area (Å²) >= 11 is 0. The standard InChI is InChI=1S/C24H22N4O3/c29-22(14-25-23(30)15-31-19-9-5-2-6-10-19)28-24(17-7-3-1-4-8-17)18-11-12-20-21(13-18)27-16-26-20/h1-13,16,24H,14-15H2,(H,25,30)(H,26,27)(H,28,29). The lowest BCUT2D eigenvalue weighted by molar-refractivity contribution is -0.127. The van der Waals surface area contributed by atoms with E-state index in [2.05, 4.69) is 20.6 Å². The number of ether oxygens (including phenoxy) is 1. The largest absolute Gasteiger partial charge is 0.484 e. The number of para-hydroxylation sites is 1. The first kappa shape index (κ1) is 20.2. The number of aromatic amines is 1. The van der Waals surface area contributed by atoms with Gasteiger partial charge in [-0.1, -0.05) is 54.6 Å². The highest BCUT2D eigenvalue weighted by atomic mass is 16.5. The number of fused-ring (bicyclic) bond motifs is 1. The molecule has 0 bridgehead atoms. The Labute approximate surface area is 179 Å². The monoisotopic (exact) mass is 414 g/mol. The summed E-state index contributed by atoms with van der Waals surface area (Å²) in [6.45, 7) is -0.303. The summed E-state index contributed by atoms with van der Waals surface area (Å²) in [5.41, 5.74) is 3.59. The van der Waals surface area contributed by atoms with Crippen LogP contribution in [0.2, 0.25) is 0 Å². The molecule has 3 aromatic carbocycles. The predicted molar refractivity (Wildman–Crippen MR) is 117 cm³/mol. The van der Waals surface area contributed by atoms with Crippen molar-refractivity contribution in [3.8, 4) is 5.75 Å². The molecule has 0 spiro atoms. The molecule has 7 heteroatoms. The molecule has 4 aromatic rings. The number of nitrogens with one attached hydrogen (secondary N) is 3. The average Bonchev–Trinajstić information content (AvgIpc) is 3.29. The molecule has 0 fully saturated rings. The molecule has 1 heterocycles. The van der Waals surface area contributed by atoms with Crippen LogP contribution in [0.3, 0.4) is 0 Å². The summed E-state index contributed by atoms with van der Waals surface area (Å²) in [4.78, 5) is 32.0. The van der Waals surface area contributed by atoms with Gasteiger partial charge in [0.2, 0.25) is 5.91 Å². The van der Waals surface area contributed by atoms with E-state index >= 15 is 0 Å². The van der Waals surface area contributed by atoms with Gasteiger partial charge in [0, 0.05) is 0 Å². The molecule has 7 nitrogen and oxygen atoms in total. The van der Waals surface area contributed by atoms with E-state index in [0.717, 1.165) is 22.2 Å². The SMILES string of the molecule is O=C(COc1ccccc1)NCC(=O)NC(c1ccccc1)c1ccc2nc[nH]c2c1. The Balaban J connectivity index is 1.39. The highest BCUT2D eigenvalue weighted by molar-refractivity contribution is 5.86. The number of aromatic nitrogens is 2. The van der Waals surface area contributed by atoms with Gasteiger partial charge in [-0.15, -0.1) is 0 Å². The number of rotatable bonds is 8. The zero-order valence-corrected chi connectivity index (χ0v) is 16.7. The van der Waals surface area contributed by atoms with Crippen LogP contribution in [0.15, 0.2) is 85.2 Å². The first-order valence-corrected chi connectivity index (χ1v) is 9.91. The Morgan fingerprint density at radius 1 is 0.903 bits per heavy atom. The number of hydrogen-bond acceptors (Lipinski definition) is 4. The van der Waals surface area contributed by atoms with E-state index in [0.29, 0.717) is 5.75 Å². The van der Waals surface area contributed by atoms with Crippen molar-refractivity contribution in [2.45, 2.75) is 6.04 Å². The Morgan fingerprint density at radius 3 is 2.42 bits per heavy atom. The van der Waals surface area contributed by atoms with E-state index in [1.54, 1.807) is 18.5 Å². The highest BCUT2D eigenvalue weighted by Crippen LogP contribution is 2.24. The topological polar surface area (TPSA) is 96.1 Å². The molecule has 4 rings (SSSR count). The Kier molecular flexibility index (Phi) is 6.23. The van der Waals surface area contributed by atoms with Crippen molar-refractivity contribution in [2.24, 2.45) is 0 Å². The summed E-state index contributed by atoms with van der Waals surface area (Å²) in [6.07, 6.45) is 1.64. The lowest BCUT2D eigenvalue weighted by Crippen LogP contribution is -2.40. The maximum atomic E-state index is 12.6. The van der Waals surface area contributed by atoms with Gasteiger partial charge in [0.15, 0.2) is 6.61 Å². The van der Waals surface area contributed by atoms with Gasteiger partial charge in [-0.25, -0.2) is 4.98 Å². The molecule has 156 valence electrons. The molecule has 0 radical (unpaired) electrons. The van der Waals surface area contributed by atoms with E-state index in [-0.39, 0.29) is 31.0 Å². The van der Waals surface area contributed by atoms with Crippen LogP contribution in [0.1, 0.15) is 17.2 Å². The fraction of sp³-hybridized carbons (Fsp3) is 0.125. The fourth-order valence-electron chi connectivity index (χ4n) is 3.24. The Morgan fingerprint density at radius 2 is 1.65 bits per heavy atom. The third-order valence-electron chi connectivity index (χ3n) is 4.78. The lowest BCUT2D eigenvalue weighted by Gasteiger charge is -2.20. The van der Waals surface area contributed by atoms with Crippen LogP contribution in [0.4, 0.5) is 0 Å². The summed E-state index contributed by atoms with van der Waals surface area (Å²) in [7, 11) is 0.